The zero-order chi connectivity index (χ0) is 19.2. The minimum atomic E-state index is -1.39. The maximum atomic E-state index is 10.6. The number of nitrogens with zero attached hydrogens (tertiary/aromatic N) is 1. The third kappa shape index (κ3) is 5.28. The summed E-state index contributed by atoms with van der Waals surface area (Å²) in [5.74, 6) is 0. The van der Waals surface area contributed by atoms with Crippen molar-refractivity contribution in [3.63, 3.8) is 0 Å². The first kappa shape index (κ1) is 19.8. The molecule has 0 bridgehead atoms. The summed E-state index contributed by atoms with van der Waals surface area (Å²) in [5, 5.41) is 5.10. The number of anilines is 1. The van der Waals surface area contributed by atoms with Gasteiger partial charge in [0.1, 0.15) is 11.0 Å². The average molecular weight is 384 g/mol. The van der Waals surface area contributed by atoms with E-state index in [4.69, 9.17) is 10.9 Å². The molecule has 1 aliphatic carbocycles. The molecule has 1 fully saturated rings. The summed E-state index contributed by atoms with van der Waals surface area (Å²) in [6, 6.07) is 15.5. The maximum absolute atomic E-state index is 10.6. The molecular weight excluding hydrogens is 354 g/mol. The van der Waals surface area contributed by atoms with Gasteiger partial charge in [0.2, 0.25) is 0 Å². The number of nitrogen functional groups attached to an aromatic ring is 1. The molecule has 0 radical (unpaired) electrons. The van der Waals surface area contributed by atoms with E-state index in [1.54, 1.807) is 35.4 Å². The van der Waals surface area contributed by atoms with Gasteiger partial charge in [0.05, 0.1) is 4.90 Å². The zero-order valence-corrected chi connectivity index (χ0v) is 16.8. The molecule has 27 heavy (non-hydrogen) atoms. The standard InChI is InChI=1S/C16H21N.C6H8N2OS/c1-13-12-14-6-2-3-7-16(14)15(13)8-11-17-9-4-5-10-17;7-5-1-3-6(4-2-5)10(8)9/h2-3,6-7H,4-5,8-12H2,1H3;1-4H,7-8H2. The number of benzene rings is 2. The molecule has 1 heterocycles. The Hall–Kier alpha value is -1.95. The number of allylic oxidation sites excluding steroid dienone is 1. The molecule has 0 amide bonds. The molecule has 2 aliphatic rings. The molecule has 4 rings (SSSR count). The molecule has 2 aromatic rings. The van der Waals surface area contributed by atoms with Crippen molar-refractivity contribution in [2.75, 3.05) is 25.4 Å². The molecule has 5 heteroatoms. The molecule has 1 aliphatic heterocycles. The van der Waals surface area contributed by atoms with E-state index in [1.807, 2.05) is 0 Å². The Labute approximate surface area is 164 Å². The lowest BCUT2D eigenvalue weighted by Gasteiger charge is -2.15. The van der Waals surface area contributed by atoms with Gasteiger partial charge in [-0.1, -0.05) is 29.8 Å². The summed E-state index contributed by atoms with van der Waals surface area (Å²) < 4.78 is 10.6. The SMILES string of the molecule is CC1=C(CCN2CCCC2)c2ccccc2C1.Nc1ccc(S(N)=O)cc1. The van der Waals surface area contributed by atoms with Crippen LogP contribution in [0, 0.1) is 0 Å². The summed E-state index contributed by atoms with van der Waals surface area (Å²) in [7, 11) is -1.39. The number of rotatable bonds is 4. The van der Waals surface area contributed by atoms with Gasteiger partial charge in [-0.05, 0) is 86.7 Å². The van der Waals surface area contributed by atoms with E-state index < -0.39 is 11.0 Å². The highest BCUT2D eigenvalue weighted by Gasteiger charge is 2.19. The molecule has 2 aromatic carbocycles. The Morgan fingerprint density at radius 2 is 1.70 bits per heavy atom. The van der Waals surface area contributed by atoms with E-state index in [0.717, 1.165) is 0 Å². The lowest BCUT2D eigenvalue weighted by atomic mass is 10.0. The highest BCUT2D eigenvalue weighted by atomic mass is 32.2. The molecule has 144 valence electrons. The second-order valence-corrected chi connectivity index (χ2v) is 8.32. The average Bonchev–Trinajstić information content (AvgIpc) is 3.28. The second-order valence-electron chi connectivity index (χ2n) is 7.26. The smallest absolute Gasteiger partial charge is 0.122 e. The van der Waals surface area contributed by atoms with Gasteiger partial charge in [-0.15, -0.1) is 0 Å². The van der Waals surface area contributed by atoms with Gasteiger partial charge < -0.3 is 10.6 Å². The molecule has 4 nitrogen and oxygen atoms in total. The van der Waals surface area contributed by atoms with E-state index in [-0.39, 0.29) is 0 Å². The minimum absolute atomic E-state index is 0.592. The fourth-order valence-corrected chi connectivity index (χ4v) is 4.22. The van der Waals surface area contributed by atoms with Crippen LogP contribution in [0.5, 0.6) is 0 Å². The number of hydrogen-bond acceptors (Lipinski definition) is 3. The molecular formula is C22H29N3OS. The lowest BCUT2D eigenvalue weighted by molar-refractivity contribution is 0.348. The minimum Gasteiger partial charge on any atom is -0.399 e. The van der Waals surface area contributed by atoms with E-state index in [1.165, 1.54) is 56.4 Å². The first-order valence-electron chi connectivity index (χ1n) is 9.55. The summed E-state index contributed by atoms with van der Waals surface area (Å²) in [6.45, 7) is 6.18. The number of likely N-dealkylation sites (tertiary alicyclic amines) is 1. The van der Waals surface area contributed by atoms with Crippen LogP contribution < -0.4 is 10.9 Å². The Balaban J connectivity index is 0.000000180. The largest absolute Gasteiger partial charge is 0.399 e. The Morgan fingerprint density at radius 1 is 1.04 bits per heavy atom. The van der Waals surface area contributed by atoms with Crippen LogP contribution in [-0.4, -0.2) is 28.7 Å². The summed E-state index contributed by atoms with van der Waals surface area (Å²) in [6.07, 6.45) is 5.21. The highest BCUT2D eigenvalue weighted by molar-refractivity contribution is 7.82. The summed E-state index contributed by atoms with van der Waals surface area (Å²) in [4.78, 5) is 3.20. The first-order chi connectivity index (χ1) is 13.0. The normalized spacial score (nSPS) is 17.4. The van der Waals surface area contributed by atoms with Crippen molar-refractivity contribution >= 4 is 22.2 Å². The van der Waals surface area contributed by atoms with Crippen LogP contribution in [-0.2, 0) is 17.4 Å². The van der Waals surface area contributed by atoms with Gasteiger partial charge in [0, 0.05) is 12.2 Å². The molecule has 1 unspecified atom stereocenters. The zero-order valence-electron chi connectivity index (χ0n) is 16.0. The van der Waals surface area contributed by atoms with Crippen LogP contribution in [0.15, 0.2) is 59.0 Å². The van der Waals surface area contributed by atoms with Crippen LogP contribution in [0.4, 0.5) is 5.69 Å². The van der Waals surface area contributed by atoms with Gasteiger partial charge in [-0.25, -0.2) is 9.35 Å². The summed E-state index contributed by atoms with van der Waals surface area (Å²) >= 11 is 0. The van der Waals surface area contributed by atoms with Gasteiger partial charge >= 0.3 is 0 Å². The number of hydrogen-bond donors (Lipinski definition) is 2. The molecule has 4 N–H and O–H groups in total. The lowest BCUT2D eigenvalue weighted by Crippen LogP contribution is -2.20. The van der Waals surface area contributed by atoms with E-state index in [0.29, 0.717) is 10.6 Å². The van der Waals surface area contributed by atoms with Gasteiger partial charge in [0.25, 0.3) is 0 Å². The van der Waals surface area contributed by atoms with Crippen LogP contribution in [0.2, 0.25) is 0 Å². The number of fused-ring (bicyclic) bond motifs is 1. The molecule has 1 saturated heterocycles. The predicted octanol–water partition coefficient (Wildman–Crippen LogP) is 3.75. The third-order valence-electron chi connectivity index (χ3n) is 5.30. The Morgan fingerprint density at radius 3 is 2.37 bits per heavy atom. The van der Waals surface area contributed by atoms with E-state index in [9.17, 15) is 4.21 Å². The maximum Gasteiger partial charge on any atom is 0.122 e. The van der Waals surface area contributed by atoms with Crippen LogP contribution in [0.3, 0.4) is 0 Å². The van der Waals surface area contributed by atoms with Crippen LogP contribution in [0.25, 0.3) is 5.57 Å². The molecule has 0 saturated carbocycles. The molecule has 0 aromatic heterocycles. The Bertz CT molecular complexity index is 824. The van der Waals surface area contributed by atoms with E-state index >= 15 is 0 Å². The number of nitrogens with two attached hydrogens (primary N) is 2. The van der Waals surface area contributed by atoms with Crippen molar-refractivity contribution in [1.29, 1.82) is 0 Å². The van der Waals surface area contributed by atoms with Crippen molar-refractivity contribution in [3.05, 3.63) is 65.2 Å². The van der Waals surface area contributed by atoms with Crippen LogP contribution in [0.1, 0.15) is 37.3 Å². The molecule has 0 spiro atoms. The van der Waals surface area contributed by atoms with Gasteiger partial charge in [-0.2, -0.15) is 0 Å². The fraction of sp³-hybridized carbons (Fsp3) is 0.364. The topological polar surface area (TPSA) is 72.3 Å². The monoisotopic (exact) mass is 383 g/mol. The second kappa shape index (κ2) is 9.31. The Kier molecular flexibility index (Phi) is 6.83. The predicted molar refractivity (Wildman–Crippen MR) is 114 cm³/mol. The molecule has 1 atom stereocenters. The van der Waals surface area contributed by atoms with Gasteiger partial charge in [-0.3, -0.25) is 0 Å². The van der Waals surface area contributed by atoms with Crippen molar-refractivity contribution in [2.24, 2.45) is 5.14 Å². The summed E-state index contributed by atoms with van der Waals surface area (Å²) in [5.41, 5.74) is 12.3. The van der Waals surface area contributed by atoms with E-state index in [2.05, 4.69) is 36.1 Å². The third-order valence-corrected chi connectivity index (χ3v) is 6.04. The van der Waals surface area contributed by atoms with Crippen molar-refractivity contribution in [3.8, 4) is 0 Å². The quantitative estimate of drug-likeness (QED) is 0.790. The highest BCUT2D eigenvalue weighted by Crippen LogP contribution is 2.34. The van der Waals surface area contributed by atoms with Crippen molar-refractivity contribution in [2.45, 2.75) is 37.5 Å². The fourth-order valence-electron chi connectivity index (χ4n) is 3.82. The van der Waals surface area contributed by atoms with Crippen molar-refractivity contribution in [1.82, 2.24) is 4.90 Å². The van der Waals surface area contributed by atoms with Gasteiger partial charge in [0.15, 0.2) is 0 Å². The van der Waals surface area contributed by atoms with Crippen molar-refractivity contribution < 1.29 is 4.21 Å². The van der Waals surface area contributed by atoms with Crippen LogP contribution >= 0.6 is 0 Å². The first-order valence-corrected chi connectivity index (χ1v) is 10.8.